The van der Waals surface area contributed by atoms with Crippen LogP contribution in [-0.4, -0.2) is 25.5 Å². The molecule has 0 aliphatic rings. The number of rotatable bonds is 6. The van der Waals surface area contributed by atoms with Gasteiger partial charge in [-0.15, -0.1) is 0 Å². The van der Waals surface area contributed by atoms with E-state index in [1.165, 1.54) is 18.2 Å². The lowest BCUT2D eigenvalue weighted by Crippen LogP contribution is -2.88. The highest BCUT2D eigenvalue weighted by Gasteiger charge is 2.20. The molecule has 0 saturated carbocycles. The quantitative estimate of drug-likeness (QED) is 0.731. The van der Waals surface area contributed by atoms with Crippen molar-refractivity contribution in [2.45, 2.75) is 33.2 Å². The Bertz CT molecular complexity index is 469. The van der Waals surface area contributed by atoms with Gasteiger partial charge in [0.1, 0.15) is 6.04 Å². The van der Waals surface area contributed by atoms with Gasteiger partial charge in [0.25, 0.3) is 5.91 Å². The number of urea groups is 1. The van der Waals surface area contributed by atoms with Crippen molar-refractivity contribution >= 4 is 11.9 Å². The Hall–Kier alpha value is -1.88. The van der Waals surface area contributed by atoms with E-state index in [1.54, 1.807) is 0 Å². The Morgan fingerprint density at radius 3 is 2.29 bits per heavy atom. The van der Waals surface area contributed by atoms with Gasteiger partial charge >= 0.3 is 6.03 Å². The summed E-state index contributed by atoms with van der Waals surface area (Å²) in [5.74, 6) is 0.107. The van der Waals surface area contributed by atoms with Gasteiger partial charge in [-0.3, -0.25) is 10.1 Å². The van der Waals surface area contributed by atoms with Crippen LogP contribution in [0.1, 0.15) is 37.9 Å². The molecule has 1 aromatic carbocycles. The van der Waals surface area contributed by atoms with Crippen molar-refractivity contribution in [1.82, 2.24) is 10.6 Å². The highest BCUT2D eigenvalue weighted by atomic mass is 16.2. The lowest BCUT2D eigenvalue weighted by molar-refractivity contribution is -0.692. The monoisotopic (exact) mass is 292 g/mol. The Morgan fingerprint density at radius 1 is 1.19 bits per heavy atom. The number of hydrogen-bond acceptors (Lipinski definition) is 2. The van der Waals surface area contributed by atoms with Gasteiger partial charge in [0.2, 0.25) is 0 Å². The third-order valence-corrected chi connectivity index (χ3v) is 3.53. The molecule has 1 atom stereocenters. The molecule has 0 spiro atoms. The van der Waals surface area contributed by atoms with Crippen LogP contribution in [0.4, 0.5) is 4.79 Å². The van der Waals surface area contributed by atoms with Crippen LogP contribution in [0.25, 0.3) is 0 Å². The van der Waals surface area contributed by atoms with E-state index in [4.69, 9.17) is 0 Å². The molecule has 0 saturated heterocycles. The molecule has 0 bridgehead atoms. The van der Waals surface area contributed by atoms with Crippen molar-refractivity contribution in [3.8, 4) is 0 Å². The van der Waals surface area contributed by atoms with E-state index in [0.717, 1.165) is 6.42 Å². The summed E-state index contributed by atoms with van der Waals surface area (Å²) in [6.45, 7) is 6.62. The molecule has 0 heterocycles. The summed E-state index contributed by atoms with van der Waals surface area (Å²) in [7, 11) is 1.48. The molecular formula is C16H26N3O2+. The van der Waals surface area contributed by atoms with Gasteiger partial charge in [-0.05, 0) is 12.0 Å². The smallest absolute Gasteiger partial charge is 0.321 e. The second kappa shape index (κ2) is 8.42. The average Bonchev–Trinajstić information content (AvgIpc) is 2.47. The highest BCUT2D eigenvalue weighted by Crippen LogP contribution is 2.18. The number of imide groups is 1. The normalized spacial score (nSPS) is 12.0. The summed E-state index contributed by atoms with van der Waals surface area (Å²) in [6, 6.07) is 8.23. The molecule has 0 radical (unpaired) electrons. The number of carbonyl (C=O) groups excluding carboxylic acids is 2. The number of benzene rings is 1. The molecule has 0 aliphatic carbocycles. The minimum atomic E-state index is -0.471. The van der Waals surface area contributed by atoms with Gasteiger partial charge in [-0.25, -0.2) is 4.79 Å². The van der Waals surface area contributed by atoms with Crippen molar-refractivity contribution in [3.05, 3.63) is 35.4 Å². The zero-order valence-corrected chi connectivity index (χ0v) is 13.3. The van der Waals surface area contributed by atoms with Crippen LogP contribution in [0.15, 0.2) is 24.3 Å². The van der Waals surface area contributed by atoms with Crippen molar-refractivity contribution < 1.29 is 14.9 Å². The predicted octanol–water partition coefficient (Wildman–Crippen LogP) is 0.965. The molecule has 0 aliphatic heterocycles. The first-order valence-electron chi connectivity index (χ1n) is 7.41. The van der Waals surface area contributed by atoms with Crippen LogP contribution in [0.5, 0.6) is 0 Å². The molecule has 1 aromatic rings. The minimum Gasteiger partial charge on any atom is -0.341 e. The molecule has 0 fully saturated rings. The average molecular weight is 292 g/mol. The molecule has 3 amide bonds. The van der Waals surface area contributed by atoms with Crippen LogP contribution in [-0.2, 0) is 11.2 Å². The fraction of sp³-hybridized carbons (Fsp3) is 0.500. The summed E-state index contributed by atoms with van der Waals surface area (Å²) in [6.07, 6.45) is 1.02. The zero-order chi connectivity index (χ0) is 15.8. The third kappa shape index (κ3) is 5.55. The Kier molecular flexibility index (Phi) is 6.88. The largest absolute Gasteiger partial charge is 0.341 e. The van der Waals surface area contributed by atoms with Crippen molar-refractivity contribution in [2.24, 2.45) is 5.92 Å². The molecule has 0 unspecified atom stereocenters. The van der Waals surface area contributed by atoms with Crippen LogP contribution in [0, 0.1) is 5.92 Å². The van der Waals surface area contributed by atoms with E-state index in [9.17, 15) is 9.59 Å². The molecular weight excluding hydrogens is 266 g/mol. The first-order valence-corrected chi connectivity index (χ1v) is 7.41. The molecule has 1 rings (SSSR count). The minimum absolute atomic E-state index is 0.200. The van der Waals surface area contributed by atoms with Gasteiger partial charge in [0, 0.05) is 18.5 Å². The molecule has 116 valence electrons. The van der Waals surface area contributed by atoms with E-state index in [0.29, 0.717) is 5.92 Å². The number of hydrogen-bond donors (Lipinski definition) is 3. The zero-order valence-electron chi connectivity index (χ0n) is 13.3. The standard InChI is InChI=1S/C16H25N3O2/c1-5-12-6-8-13(9-7-12)15(11(2)3)18-10-14(20)19-16(21)17-4/h6-9,11,15,18H,5,10H2,1-4H3,(H2,17,19,20,21)/p+1/t15-/m1/s1. The summed E-state index contributed by atoms with van der Waals surface area (Å²) in [5, 5.41) is 6.62. The maximum atomic E-state index is 11.7. The van der Waals surface area contributed by atoms with Gasteiger partial charge in [-0.1, -0.05) is 45.0 Å². The Morgan fingerprint density at radius 2 is 1.81 bits per heavy atom. The second-order valence-electron chi connectivity index (χ2n) is 5.43. The van der Waals surface area contributed by atoms with E-state index in [1.807, 2.05) is 5.32 Å². The van der Waals surface area contributed by atoms with Gasteiger partial charge in [0.15, 0.2) is 6.54 Å². The van der Waals surface area contributed by atoms with E-state index in [2.05, 4.69) is 55.7 Å². The van der Waals surface area contributed by atoms with E-state index in [-0.39, 0.29) is 18.5 Å². The van der Waals surface area contributed by atoms with Gasteiger partial charge in [0.05, 0.1) is 0 Å². The van der Waals surface area contributed by atoms with Crippen LogP contribution in [0.3, 0.4) is 0 Å². The molecule has 5 heteroatoms. The van der Waals surface area contributed by atoms with Gasteiger partial charge in [-0.2, -0.15) is 0 Å². The SMILES string of the molecule is CCc1ccc([C@H]([NH2+]CC(=O)NC(=O)NC)C(C)C)cc1. The lowest BCUT2D eigenvalue weighted by Gasteiger charge is -2.19. The number of carbonyl (C=O) groups is 2. The maximum absolute atomic E-state index is 11.7. The number of nitrogens with two attached hydrogens (primary N) is 1. The number of amides is 3. The maximum Gasteiger partial charge on any atom is 0.321 e. The van der Waals surface area contributed by atoms with E-state index < -0.39 is 6.03 Å². The third-order valence-electron chi connectivity index (χ3n) is 3.53. The fourth-order valence-corrected chi connectivity index (χ4v) is 2.24. The van der Waals surface area contributed by atoms with Gasteiger partial charge < -0.3 is 10.6 Å². The van der Waals surface area contributed by atoms with E-state index >= 15 is 0 Å². The highest BCUT2D eigenvalue weighted by molar-refractivity contribution is 5.94. The van der Waals surface area contributed by atoms with Crippen molar-refractivity contribution in [1.29, 1.82) is 0 Å². The second-order valence-corrected chi connectivity index (χ2v) is 5.43. The Labute approximate surface area is 126 Å². The molecule has 5 nitrogen and oxygen atoms in total. The number of nitrogens with one attached hydrogen (secondary N) is 2. The number of quaternary nitrogens is 1. The van der Waals surface area contributed by atoms with Crippen molar-refractivity contribution in [3.63, 3.8) is 0 Å². The molecule has 4 N–H and O–H groups in total. The topological polar surface area (TPSA) is 74.8 Å². The number of aryl methyl sites for hydroxylation is 1. The fourth-order valence-electron chi connectivity index (χ4n) is 2.24. The molecule has 21 heavy (non-hydrogen) atoms. The van der Waals surface area contributed by atoms with Crippen LogP contribution >= 0.6 is 0 Å². The molecule has 0 aromatic heterocycles. The summed E-state index contributed by atoms with van der Waals surface area (Å²) >= 11 is 0. The van der Waals surface area contributed by atoms with Crippen LogP contribution < -0.4 is 16.0 Å². The lowest BCUT2D eigenvalue weighted by atomic mass is 9.95. The summed E-state index contributed by atoms with van der Waals surface area (Å²) in [5.41, 5.74) is 2.51. The summed E-state index contributed by atoms with van der Waals surface area (Å²) in [4.78, 5) is 22.8. The Balaban J connectivity index is 2.65. The predicted molar refractivity (Wildman–Crippen MR) is 82.8 cm³/mol. The first-order chi connectivity index (χ1) is 9.97. The van der Waals surface area contributed by atoms with Crippen LogP contribution in [0.2, 0.25) is 0 Å². The van der Waals surface area contributed by atoms with Crippen molar-refractivity contribution in [2.75, 3.05) is 13.6 Å². The summed E-state index contributed by atoms with van der Waals surface area (Å²) < 4.78 is 0. The first kappa shape index (κ1) is 17.2.